The molecule has 16 heavy (non-hydrogen) atoms. The summed E-state index contributed by atoms with van der Waals surface area (Å²) in [5.41, 5.74) is 5.54. The van der Waals surface area contributed by atoms with E-state index in [2.05, 4.69) is 5.32 Å². The van der Waals surface area contributed by atoms with Crippen molar-refractivity contribution in [1.82, 2.24) is 0 Å². The lowest BCUT2D eigenvalue weighted by molar-refractivity contribution is -0.147. The molecule has 0 bridgehead atoms. The summed E-state index contributed by atoms with van der Waals surface area (Å²) in [7, 11) is 0. The highest BCUT2D eigenvalue weighted by Crippen LogP contribution is 2.21. The van der Waals surface area contributed by atoms with Gasteiger partial charge < -0.3 is 16.2 Å². The molecule has 0 heterocycles. The Morgan fingerprint density at radius 3 is 2.56 bits per heavy atom. The number of para-hydroxylation sites is 1. The Morgan fingerprint density at radius 1 is 1.44 bits per heavy atom. The number of rotatable bonds is 6. The number of nitrogens with two attached hydrogens (primary N) is 1. The number of aliphatic carboxylic acids is 1. The summed E-state index contributed by atoms with van der Waals surface area (Å²) in [4.78, 5) is 11.1. The summed E-state index contributed by atoms with van der Waals surface area (Å²) in [6, 6.07) is 9.55. The van der Waals surface area contributed by atoms with E-state index in [4.69, 9.17) is 10.8 Å². The summed E-state index contributed by atoms with van der Waals surface area (Å²) in [6.07, 6.45) is 0.460. The zero-order valence-electron chi connectivity index (χ0n) is 9.44. The van der Waals surface area contributed by atoms with E-state index in [1.54, 1.807) is 6.92 Å². The molecule has 0 amide bonds. The average molecular weight is 222 g/mol. The molecule has 0 aliphatic heterocycles. The van der Waals surface area contributed by atoms with E-state index in [-0.39, 0.29) is 0 Å². The fourth-order valence-electron chi connectivity index (χ4n) is 1.44. The molecule has 0 spiro atoms. The summed E-state index contributed by atoms with van der Waals surface area (Å²) in [5, 5.41) is 12.3. The number of hydrogen-bond acceptors (Lipinski definition) is 3. The van der Waals surface area contributed by atoms with Gasteiger partial charge in [0.1, 0.15) is 0 Å². The second kappa shape index (κ2) is 5.51. The van der Waals surface area contributed by atoms with Crippen LogP contribution in [0.4, 0.5) is 5.69 Å². The maximum atomic E-state index is 11.1. The predicted octanol–water partition coefficient (Wildman–Crippen LogP) is 1.54. The van der Waals surface area contributed by atoms with Gasteiger partial charge in [0, 0.05) is 12.2 Å². The predicted molar refractivity (Wildman–Crippen MR) is 64.3 cm³/mol. The molecule has 88 valence electrons. The fourth-order valence-corrected chi connectivity index (χ4v) is 1.44. The van der Waals surface area contributed by atoms with Crippen LogP contribution in [0.25, 0.3) is 0 Å². The first-order valence-electron chi connectivity index (χ1n) is 5.31. The van der Waals surface area contributed by atoms with Gasteiger partial charge in [-0.15, -0.1) is 0 Å². The van der Waals surface area contributed by atoms with E-state index >= 15 is 0 Å². The van der Waals surface area contributed by atoms with Crippen molar-refractivity contribution in [2.24, 2.45) is 11.1 Å². The molecule has 0 aromatic heterocycles. The van der Waals surface area contributed by atoms with Crippen molar-refractivity contribution in [3.8, 4) is 0 Å². The summed E-state index contributed by atoms with van der Waals surface area (Å²) >= 11 is 0. The molecule has 0 radical (unpaired) electrons. The average Bonchev–Trinajstić information content (AvgIpc) is 2.28. The van der Waals surface area contributed by atoms with E-state index in [0.29, 0.717) is 19.5 Å². The number of carbonyl (C=O) groups is 1. The van der Waals surface area contributed by atoms with Crippen LogP contribution >= 0.6 is 0 Å². The van der Waals surface area contributed by atoms with E-state index in [9.17, 15) is 4.79 Å². The highest BCUT2D eigenvalue weighted by molar-refractivity contribution is 5.75. The molecule has 0 aliphatic rings. The molecular formula is C12H18N2O2. The molecule has 1 rings (SSSR count). The number of anilines is 1. The lowest BCUT2D eigenvalue weighted by Gasteiger charge is -2.24. The van der Waals surface area contributed by atoms with E-state index in [1.807, 2.05) is 30.3 Å². The maximum Gasteiger partial charge on any atom is 0.311 e. The van der Waals surface area contributed by atoms with Gasteiger partial charge in [0.2, 0.25) is 0 Å². The molecule has 1 atom stereocenters. The lowest BCUT2D eigenvalue weighted by Crippen LogP contribution is -2.37. The molecule has 4 N–H and O–H groups in total. The van der Waals surface area contributed by atoms with Gasteiger partial charge in [-0.05, 0) is 32.0 Å². The highest BCUT2D eigenvalue weighted by atomic mass is 16.4. The molecule has 0 aliphatic carbocycles. The van der Waals surface area contributed by atoms with Crippen LogP contribution in [0, 0.1) is 5.41 Å². The Balaban J connectivity index is 2.60. The van der Waals surface area contributed by atoms with Crippen LogP contribution in [0.15, 0.2) is 30.3 Å². The molecule has 4 nitrogen and oxygen atoms in total. The zero-order valence-corrected chi connectivity index (χ0v) is 9.44. The van der Waals surface area contributed by atoms with Crippen molar-refractivity contribution < 1.29 is 9.90 Å². The van der Waals surface area contributed by atoms with Gasteiger partial charge in [-0.1, -0.05) is 18.2 Å². The number of nitrogens with one attached hydrogen (secondary N) is 1. The van der Waals surface area contributed by atoms with Crippen molar-refractivity contribution in [3.63, 3.8) is 0 Å². The third-order valence-corrected chi connectivity index (χ3v) is 2.67. The first kappa shape index (κ1) is 12.5. The van der Waals surface area contributed by atoms with Gasteiger partial charge in [-0.2, -0.15) is 0 Å². The van der Waals surface area contributed by atoms with Gasteiger partial charge in [-0.25, -0.2) is 0 Å². The van der Waals surface area contributed by atoms with Crippen molar-refractivity contribution in [2.45, 2.75) is 13.3 Å². The second-order valence-corrected chi connectivity index (χ2v) is 4.12. The van der Waals surface area contributed by atoms with Crippen LogP contribution in [0.3, 0.4) is 0 Å². The Hall–Kier alpha value is -1.55. The Kier molecular flexibility index (Phi) is 4.31. The smallest absolute Gasteiger partial charge is 0.311 e. The van der Waals surface area contributed by atoms with E-state index in [0.717, 1.165) is 5.69 Å². The third-order valence-electron chi connectivity index (χ3n) is 2.67. The topological polar surface area (TPSA) is 75.3 Å². The summed E-state index contributed by atoms with van der Waals surface area (Å²) in [6.45, 7) is 2.46. The molecule has 4 heteroatoms. The number of carboxylic acids is 1. The Labute approximate surface area is 95.5 Å². The zero-order chi connectivity index (χ0) is 12.0. The standard InChI is InChI=1S/C12H18N2O2/c1-12(7-8-13,11(15)16)9-14-10-5-3-2-4-6-10/h2-6,14H,7-9,13H2,1H3,(H,15,16). The van der Waals surface area contributed by atoms with Crippen molar-refractivity contribution >= 4 is 11.7 Å². The minimum absolute atomic E-state index is 0.374. The summed E-state index contributed by atoms with van der Waals surface area (Å²) < 4.78 is 0. The highest BCUT2D eigenvalue weighted by Gasteiger charge is 2.31. The van der Waals surface area contributed by atoms with Crippen LogP contribution in [0.1, 0.15) is 13.3 Å². The molecule has 0 fully saturated rings. The van der Waals surface area contributed by atoms with Gasteiger partial charge in [0.05, 0.1) is 5.41 Å². The van der Waals surface area contributed by atoms with Gasteiger partial charge in [0.15, 0.2) is 0 Å². The van der Waals surface area contributed by atoms with Crippen LogP contribution in [0.2, 0.25) is 0 Å². The van der Waals surface area contributed by atoms with Gasteiger partial charge in [0.25, 0.3) is 0 Å². The molecule has 1 unspecified atom stereocenters. The molecule has 1 aromatic carbocycles. The van der Waals surface area contributed by atoms with Crippen molar-refractivity contribution in [1.29, 1.82) is 0 Å². The number of carboxylic acid groups (broad SMARTS) is 1. The third kappa shape index (κ3) is 3.24. The van der Waals surface area contributed by atoms with Gasteiger partial charge >= 0.3 is 5.97 Å². The van der Waals surface area contributed by atoms with Crippen LogP contribution in [-0.4, -0.2) is 24.2 Å². The molecule has 1 aromatic rings. The van der Waals surface area contributed by atoms with Crippen LogP contribution in [0.5, 0.6) is 0 Å². The molecule has 0 saturated heterocycles. The maximum absolute atomic E-state index is 11.1. The Morgan fingerprint density at radius 2 is 2.06 bits per heavy atom. The lowest BCUT2D eigenvalue weighted by atomic mass is 9.87. The first-order valence-corrected chi connectivity index (χ1v) is 5.31. The summed E-state index contributed by atoms with van der Waals surface area (Å²) in [5.74, 6) is -0.818. The fraction of sp³-hybridized carbons (Fsp3) is 0.417. The first-order chi connectivity index (χ1) is 7.58. The minimum Gasteiger partial charge on any atom is -0.481 e. The monoisotopic (exact) mass is 222 g/mol. The van der Waals surface area contributed by atoms with Crippen LogP contribution < -0.4 is 11.1 Å². The quantitative estimate of drug-likeness (QED) is 0.682. The number of benzene rings is 1. The van der Waals surface area contributed by atoms with Gasteiger partial charge in [-0.3, -0.25) is 4.79 Å². The largest absolute Gasteiger partial charge is 0.481 e. The Bertz CT molecular complexity index is 340. The number of hydrogen-bond donors (Lipinski definition) is 3. The van der Waals surface area contributed by atoms with Crippen LogP contribution in [-0.2, 0) is 4.79 Å². The van der Waals surface area contributed by atoms with E-state index < -0.39 is 11.4 Å². The minimum atomic E-state index is -0.818. The van der Waals surface area contributed by atoms with Crippen molar-refractivity contribution in [2.75, 3.05) is 18.4 Å². The second-order valence-electron chi connectivity index (χ2n) is 4.12. The molecular weight excluding hydrogens is 204 g/mol. The normalized spacial score (nSPS) is 14.1. The van der Waals surface area contributed by atoms with E-state index in [1.165, 1.54) is 0 Å². The SMILES string of the molecule is CC(CCN)(CNc1ccccc1)C(=O)O. The molecule has 0 saturated carbocycles. The van der Waals surface area contributed by atoms with Crippen molar-refractivity contribution in [3.05, 3.63) is 30.3 Å².